The van der Waals surface area contributed by atoms with Crippen molar-refractivity contribution in [2.75, 3.05) is 18.0 Å². The van der Waals surface area contributed by atoms with Crippen molar-refractivity contribution in [2.24, 2.45) is 0 Å². The molecule has 0 saturated carbocycles. The Balaban J connectivity index is 2.08. The van der Waals surface area contributed by atoms with Crippen LogP contribution >= 0.6 is 23.2 Å². The molecule has 0 aromatic heterocycles. The van der Waals surface area contributed by atoms with Gasteiger partial charge in [0.25, 0.3) is 10.0 Å². The van der Waals surface area contributed by atoms with Gasteiger partial charge in [-0.2, -0.15) is 0 Å². The number of amides is 2. The number of sulfonamides is 1. The van der Waals surface area contributed by atoms with Crippen molar-refractivity contribution in [3.8, 4) is 5.75 Å². The smallest absolute Gasteiger partial charge is 0.264 e. The quantitative estimate of drug-likeness (QED) is 0.275. The zero-order chi connectivity index (χ0) is 30.3. The lowest BCUT2D eigenvalue weighted by molar-refractivity contribution is -0.140. The van der Waals surface area contributed by atoms with Gasteiger partial charge in [-0.15, -0.1) is 0 Å². The van der Waals surface area contributed by atoms with Crippen LogP contribution in [0.1, 0.15) is 38.3 Å². The summed E-state index contributed by atoms with van der Waals surface area (Å²) in [5, 5.41) is 3.53. The van der Waals surface area contributed by atoms with E-state index in [2.05, 4.69) is 5.32 Å². The number of benzene rings is 3. The van der Waals surface area contributed by atoms with Crippen LogP contribution in [0.15, 0.2) is 71.6 Å². The zero-order valence-corrected chi connectivity index (χ0v) is 26.1. The highest BCUT2D eigenvalue weighted by Crippen LogP contribution is 2.28. The SMILES string of the molecule is CC[C@@H](C(=O)NC(C)C)N(Cc1ccc(Cl)c(Cl)c1)C(=O)CN(c1ccc(OC)cc1)S(=O)(=O)c1ccc(C)cc1. The van der Waals surface area contributed by atoms with Crippen LogP contribution in [0.5, 0.6) is 5.75 Å². The van der Waals surface area contributed by atoms with Crippen molar-refractivity contribution in [3.05, 3.63) is 87.9 Å². The van der Waals surface area contributed by atoms with E-state index < -0.39 is 28.5 Å². The van der Waals surface area contributed by atoms with E-state index in [1.54, 1.807) is 61.5 Å². The van der Waals surface area contributed by atoms with Crippen LogP contribution in [0.25, 0.3) is 0 Å². The summed E-state index contributed by atoms with van der Waals surface area (Å²) in [5.74, 6) is -0.368. The second-order valence-corrected chi connectivity index (χ2v) is 12.6. The minimum Gasteiger partial charge on any atom is -0.497 e. The molecule has 1 atom stereocenters. The Hall–Kier alpha value is -3.27. The molecule has 0 aliphatic heterocycles. The molecule has 8 nitrogen and oxygen atoms in total. The third-order valence-electron chi connectivity index (χ3n) is 6.40. The van der Waals surface area contributed by atoms with Gasteiger partial charge in [-0.1, -0.05) is 53.9 Å². The normalized spacial score (nSPS) is 12.1. The van der Waals surface area contributed by atoms with E-state index in [1.807, 2.05) is 20.8 Å². The lowest BCUT2D eigenvalue weighted by atomic mass is 10.1. The molecule has 0 aliphatic carbocycles. The number of rotatable bonds is 12. The summed E-state index contributed by atoms with van der Waals surface area (Å²) in [4.78, 5) is 28.7. The summed E-state index contributed by atoms with van der Waals surface area (Å²) in [6, 6.07) is 16.7. The van der Waals surface area contributed by atoms with Crippen molar-refractivity contribution in [1.82, 2.24) is 10.2 Å². The standard InChI is InChI=1S/C30H35Cl2N3O5S/c1-6-28(30(37)33-20(2)3)34(18-22-9-16-26(31)27(32)17-22)29(36)19-35(23-10-12-24(40-5)13-11-23)41(38,39)25-14-7-21(4)8-15-25/h7-17,20,28H,6,18-19H2,1-5H3,(H,33,37)/t28-/m0/s1. The van der Waals surface area contributed by atoms with Crippen LogP contribution in [-0.2, 0) is 26.2 Å². The van der Waals surface area contributed by atoms with Gasteiger partial charge < -0.3 is 15.0 Å². The maximum absolute atomic E-state index is 14.1. The van der Waals surface area contributed by atoms with E-state index in [9.17, 15) is 18.0 Å². The van der Waals surface area contributed by atoms with Crippen LogP contribution in [0.3, 0.4) is 0 Å². The van der Waals surface area contributed by atoms with Gasteiger partial charge in [0.05, 0.1) is 27.7 Å². The van der Waals surface area contributed by atoms with E-state index >= 15 is 0 Å². The average Bonchev–Trinajstić information content (AvgIpc) is 2.93. The number of nitrogens with zero attached hydrogens (tertiary/aromatic N) is 2. The van der Waals surface area contributed by atoms with E-state index in [0.717, 1.165) is 9.87 Å². The first-order valence-electron chi connectivity index (χ1n) is 13.1. The van der Waals surface area contributed by atoms with Gasteiger partial charge in [-0.25, -0.2) is 8.42 Å². The van der Waals surface area contributed by atoms with E-state index in [1.165, 1.54) is 24.1 Å². The fourth-order valence-corrected chi connectivity index (χ4v) is 5.98. The van der Waals surface area contributed by atoms with Crippen LogP contribution in [0, 0.1) is 6.92 Å². The molecule has 0 radical (unpaired) electrons. The summed E-state index contributed by atoms with van der Waals surface area (Å²) in [5.41, 5.74) is 1.81. The maximum atomic E-state index is 14.1. The number of hydrogen-bond donors (Lipinski definition) is 1. The van der Waals surface area contributed by atoms with Gasteiger partial charge in [0.1, 0.15) is 18.3 Å². The summed E-state index contributed by atoms with van der Waals surface area (Å²) < 4.78 is 34.1. The molecule has 3 aromatic rings. The number of anilines is 1. The highest BCUT2D eigenvalue weighted by Gasteiger charge is 2.34. The largest absolute Gasteiger partial charge is 0.497 e. The van der Waals surface area contributed by atoms with Crippen LogP contribution in [-0.4, -0.2) is 50.9 Å². The molecule has 3 rings (SSSR count). The van der Waals surface area contributed by atoms with Gasteiger partial charge in [-0.3, -0.25) is 13.9 Å². The highest BCUT2D eigenvalue weighted by molar-refractivity contribution is 7.92. The second-order valence-electron chi connectivity index (χ2n) is 9.88. The molecule has 220 valence electrons. The molecule has 1 N–H and O–H groups in total. The predicted molar refractivity (Wildman–Crippen MR) is 163 cm³/mol. The lowest BCUT2D eigenvalue weighted by Crippen LogP contribution is -2.53. The fraction of sp³-hybridized carbons (Fsp3) is 0.333. The van der Waals surface area contributed by atoms with Crippen molar-refractivity contribution in [2.45, 2.75) is 57.6 Å². The van der Waals surface area contributed by atoms with Crippen molar-refractivity contribution in [3.63, 3.8) is 0 Å². The number of methoxy groups -OCH3 is 1. The Morgan fingerprint density at radius 2 is 1.59 bits per heavy atom. The van der Waals surface area contributed by atoms with Crippen molar-refractivity contribution in [1.29, 1.82) is 0 Å². The van der Waals surface area contributed by atoms with E-state index in [-0.39, 0.29) is 29.1 Å². The molecule has 0 aliphatic rings. The first-order chi connectivity index (χ1) is 19.4. The minimum absolute atomic E-state index is 0.0147. The molecular formula is C30H35Cl2N3O5S. The molecule has 0 spiro atoms. The Bertz CT molecular complexity index is 1460. The molecule has 0 unspecified atom stereocenters. The Labute approximate surface area is 252 Å². The number of ether oxygens (including phenoxy) is 1. The zero-order valence-electron chi connectivity index (χ0n) is 23.7. The number of nitrogens with one attached hydrogen (secondary N) is 1. The maximum Gasteiger partial charge on any atom is 0.264 e. The van der Waals surface area contributed by atoms with Gasteiger partial charge in [0.2, 0.25) is 11.8 Å². The Kier molecular flexibility index (Phi) is 11.1. The minimum atomic E-state index is -4.17. The number of carbonyl (C=O) groups is 2. The number of hydrogen-bond acceptors (Lipinski definition) is 5. The number of halogens is 2. The monoisotopic (exact) mass is 619 g/mol. The summed E-state index contributed by atoms with van der Waals surface area (Å²) in [6.45, 7) is 6.78. The van der Waals surface area contributed by atoms with Crippen molar-refractivity contribution < 1.29 is 22.7 Å². The molecule has 0 heterocycles. The molecule has 0 bridgehead atoms. The Morgan fingerprint density at radius 3 is 2.12 bits per heavy atom. The molecule has 11 heteroatoms. The van der Waals surface area contributed by atoms with E-state index in [0.29, 0.717) is 27.8 Å². The topological polar surface area (TPSA) is 96.0 Å². The van der Waals surface area contributed by atoms with Crippen molar-refractivity contribution >= 4 is 50.7 Å². The molecule has 3 aromatic carbocycles. The number of carbonyl (C=O) groups excluding carboxylic acids is 2. The van der Waals surface area contributed by atoms with Crippen LogP contribution in [0.2, 0.25) is 10.0 Å². The van der Waals surface area contributed by atoms with Gasteiger partial charge in [0, 0.05) is 12.6 Å². The molecule has 0 fully saturated rings. The lowest BCUT2D eigenvalue weighted by Gasteiger charge is -2.33. The van der Waals surface area contributed by atoms with Crippen LogP contribution < -0.4 is 14.4 Å². The fourth-order valence-electron chi connectivity index (χ4n) is 4.25. The predicted octanol–water partition coefficient (Wildman–Crippen LogP) is 5.84. The third-order valence-corrected chi connectivity index (χ3v) is 8.93. The first kappa shape index (κ1) is 32.2. The Morgan fingerprint density at radius 1 is 0.951 bits per heavy atom. The van der Waals surface area contributed by atoms with Crippen LogP contribution in [0.4, 0.5) is 5.69 Å². The summed E-state index contributed by atoms with van der Waals surface area (Å²) in [7, 11) is -2.66. The second kappa shape index (κ2) is 14.1. The van der Waals surface area contributed by atoms with E-state index in [4.69, 9.17) is 27.9 Å². The van der Waals surface area contributed by atoms with Gasteiger partial charge in [0.15, 0.2) is 0 Å². The van der Waals surface area contributed by atoms with Gasteiger partial charge in [-0.05, 0) is 81.3 Å². The molecule has 0 saturated heterocycles. The average molecular weight is 621 g/mol. The summed E-state index contributed by atoms with van der Waals surface area (Å²) in [6.07, 6.45) is 0.304. The van der Waals surface area contributed by atoms with Gasteiger partial charge >= 0.3 is 0 Å². The molecular weight excluding hydrogens is 585 g/mol. The highest BCUT2D eigenvalue weighted by atomic mass is 35.5. The molecule has 2 amide bonds. The summed E-state index contributed by atoms with van der Waals surface area (Å²) >= 11 is 12.3. The first-order valence-corrected chi connectivity index (χ1v) is 15.3. The molecule has 41 heavy (non-hydrogen) atoms. The number of aryl methyl sites for hydroxylation is 1. The third kappa shape index (κ3) is 8.15.